The molecule has 0 saturated carbocycles. The molecule has 34 heavy (non-hydrogen) atoms. The highest BCUT2D eigenvalue weighted by Gasteiger charge is 2.24. The highest BCUT2D eigenvalue weighted by molar-refractivity contribution is 5.92. The number of imidazole rings is 1. The first-order chi connectivity index (χ1) is 16.5. The summed E-state index contributed by atoms with van der Waals surface area (Å²) in [6, 6.07) is 10.9. The Labute approximate surface area is 200 Å². The van der Waals surface area contributed by atoms with Crippen LogP contribution in [0.4, 0.5) is 5.82 Å². The molecule has 1 N–H and O–H groups in total. The summed E-state index contributed by atoms with van der Waals surface area (Å²) in [5.74, 6) is 1.73. The quantitative estimate of drug-likeness (QED) is 0.348. The number of nitrogens with one attached hydrogen (secondary N) is 1. The normalized spacial score (nSPS) is 15.4. The zero-order chi connectivity index (χ0) is 23.8. The SMILES string of the molecule is [C-]#[N+]c1cnc2ccc(-c3[nH]c4ccc(C5CCN(CC(=O)CC)CC5)cc4c3C(C)C)cn12. The maximum atomic E-state index is 11.8. The third kappa shape index (κ3) is 4.01. The first-order valence-corrected chi connectivity index (χ1v) is 12.2. The lowest BCUT2D eigenvalue weighted by Crippen LogP contribution is -2.36. The Balaban J connectivity index is 1.49. The van der Waals surface area contributed by atoms with E-state index in [1.54, 1.807) is 6.20 Å². The molecule has 0 unspecified atom stereocenters. The van der Waals surface area contributed by atoms with Gasteiger partial charge in [-0.25, -0.2) is 9.38 Å². The fourth-order valence-corrected chi connectivity index (χ4v) is 5.30. The Hall–Kier alpha value is -3.43. The molecule has 0 atom stereocenters. The molecule has 0 spiro atoms. The van der Waals surface area contributed by atoms with Crippen LogP contribution in [0.25, 0.3) is 32.7 Å². The summed E-state index contributed by atoms with van der Waals surface area (Å²) in [6.07, 6.45) is 6.44. The summed E-state index contributed by atoms with van der Waals surface area (Å²) in [7, 11) is 0. The van der Waals surface area contributed by atoms with Crippen LogP contribution in [0.3, 0.4) is 0 Å². The van der Waals surface area contributed by atoms with E-state index in [9.17, 15) is 4.79 Å². The minimum atomic E-state index is 0.332. The Bertz CT molecular complexity index is 1400. The van der Waals surface area contributed by atoms with Crippen LogP contribution in [-0.2, 0) is 4.79 Å². The van der Waals surface area contributed by atoms with Crippen LogP contribution >= 0.6 is 0 Å². The number of piperidine rings is 1. The van der Waals surface area contributed by atoms with Gasteiger partial charge in [-0.3, -0.25) is 9.69 Å². The van der Waals surface area contributed by atoms with Crippen molar-refractivity contribution >= 4 is 28.2 Å². The lowest BCUT2D eigenvalue weighted by atomic mass is 9.87. The van der Waals surface area contributed by atoms with Gasteiger partial charge in [-0.2, -0.15) is 0 Å². The van der Waals surface area contributed by atoms with E-state index >= 15 is 0 Å². The molecule has 1 aliphatic heterocycles. The van der Waals surface area contributed by atoms with E-state index in [4.69, 9.17) is 6.57 Å². The number of rotatable bonds is 6. The van der Waals surface area contributed by atoms with Gasteiger partial charge in [-0.1, -0.05) is 33.4 Å². The van der Waals surface area contributed by atoms with E-state index in [1.807, 2.05) is 23.6 Å². The summed E-state index contributed by atoms with van der Waals surface area (Å²) in [5.41, 5.74) is 6.80. The first kappa shape index (κ1) is 22.4. The van der Waals surface area contributed by atoms with Crippen molar-refractivity contribution in [2.75, 3.05) is 19.6 Å². The van der Waals surface area contributed by atoms with Crippen molar-refractivity contribution in [2.24, 2.45) is 0 Å². The molecule has 1 fully saturated rings. The van der Waals surface area contributed by atoms with Gasteiger partial charge < -0.3 is 9.83 Å². The molecule has 0 bridgehead atoms. The number of nitrogens with zero attached hydrogens (tertiary/aromatic N) is 4. The maximum absolute atomic E-state index is 11.8. The Morgan fingerprint density at radius 3 is 2.74 bits per heavy atom. The molecule has 0 aliphatic carbocycles. The van der Waals surface area contributed by atoms with Crippen LogP contribution in [0, 0.1) is 6.57 Å². The van der Waals surface area contributed by atoms with Gasteiger partial charge in [0.2, 0.25) is 5.65 Å². The standard InChI is InChI=1S/C28H31N5O/c1-5-22(34)17-32-12-10-19(11-13-32)20-6-8-24-23(14-20)27(18(2)3)28(31-24)21-7-9-25-30-15-26(29-4)33(25)16-21/h6-9,14-16,18-19,31H,5,10-13,17H2,1-3H3. The lowest BCUT2D eigenvalue weighted by molar-refractivity contribution is -0.120. The predicted molar refractivity (Wildman–Crippen MR) is 137 cm³/mol. The number of aromatic amines is 1. The van der Waals surface area contributed by atoms with Crippen LogP contribution in [0.15, 0.2) is 42.7 Å². The monoisotopic (exact) mass is 453 g/mol. The average molecular weight is 454 g/mol. The molecule has 4 aromatic rings. The van der Waals surface area contributed by atoms with Gasteiger partial charge in [0.25, 0.3) is 5.82 Å². The smallest absolute Gasteiger partial charge is 0.254 e. The highest BCUT2D eigenvalue weighted by Crippen LogP contribution is 2.38. The van der Waals surface area contributed by atoms with Crippen molar-refractivity contribution in [3.8, 4) is 11.3 Å². The molecule has 6 heteroatoms. The number of likely N-dealkylation sites (tertiary alicyclic amines) is 1. The number of H-pyrrole nitrogens is 1. The van der Waals surface area contributed by atoms with Crippen LogP contribution in [0.2, 0.25) is 0 Å². The topological polar surface area (TPSA) is 57.8 Å². The highest BCUT2D eigenvalue weighted by atomic mass is 16.1. The number of benzene rings is 1. The third-order valence-corrected chi connectivity index (χ3v) is 7.18. The zero-order valence-corrected chi connectivity index (χ0v) is 20.1. The number of hydrogen-bond acceptors (Lipinski definition) is 3. The van der Waals surface area contributed by atoms with Crippen molar-refractivity contribution in [3.05, 3.63) is 65.3 Å². The van der Waals surface area contributed by atoms with E-state index < -0.39 is 0 Å². The summed E-state index contributed by atoms with van der Waals surface area (Å²) in [4.78, 5) is 25.7. The number of pyridine rings is 1. The number of fused-ring (bicyclic) bond motifs is 2. The van der Waals surface area contributed by atoms with Gasteiger partial charge >= 0.3 is 0 Å². The molecular weight excluding hydrogens is 422 g/mol. The van der Waals surface area contributed by atoms with Crippen LogP contribution in [-0.4, -0.2) is 44.7 Å². The lowest BCUT2D eigenvalue weighted by Gasteiger charge is -2.31. The van der Waals surface area contributed by atoms with Gasteiger partial charge in [0.1, 0.15) is 5.78 Å². The van der Waals surface area contributed by atoms with E-state index in [2.05, 4.69) is 57.8 Å². The van der Waals surface area contributed by atoms with Gasteiger partial charge in [0.05, 0.1) is 24.6 Å². The zero-order valence-electron chi connectivity index (χ0n) is 20.1. The van der Waals surface area contributed by atoms with Gasteiger partial charge in [0.15, 0.2) is 0 Å². The molecule has 0 amide bonds. The van der Waals surface area contributed by atoms with Crippen molar-refractivity contribution in [3.63, 3.8) is 0 Å². The molecule has 6 nitrogen and oxygen atoms in total. The van der Waals surface area contributed by atoms with Crippen molar-refractivity contribution in [2.45, 2.75) is 51.9 Å². The molecule has 0 radical (unpaired) electrons. The van der Waals surface area contributed by atoms with Gasteiger partial charge in [-0.05, 0) is 67.1 Å². The van der Waals surface area contributed by atoms with Crippen LogP contribution < -0.4 is 0 Å². The van der Waals surface area contributed by atoms with Crippen molar-refractivity contribution < 1.29 is 4.79 Å². The average Bonchev–Trinajstić information content (AvgIpc) is 3.44. The largest absolute Gasteiger partial charge is 0.362 e. The molecule has 5 rings (SSSR count). The minimum Gasteiger partial charge on any atom is -0.362 e. The number of carbonyl (C=O) groups excluding carboxylic acids is 1. The molecular formula is C28H31N5O. The maximum Gasteiger partial charge on any atom is 0.254 e. The summed E-state index contributed by atoms with van der Waals surface area (Å²) >= 11 is 0. The number of aromatic nitrogens is 3. The molecule has 1 aliphatic rings. The van der Waals surface area contributed by atoms with Crippen molar-refractivity contribution in [1.82, 2.24) is 19.3 Å². The van der Waals surface area contributed by atoms with Crippen LogP contribution in [0.5, 0.6) is 0 Å². The number of ketones is 1. The van der Waals surface area contributed by atoms with Crippen LogP contribution in [0.1, 0.15) is 63.0 Å². The molecule has 174 valence electrons. The number of Topliss-reactive ketones (excluding diaryl/α,β-unsaturated/α-hetero) is 1. The Morgan fingerprint density at radius 2 is 2.03 bits per heavy atom. The molecule has 1 aromatic carbocycles. The minimum absolute atomic E-state index is 0.332. The number of hydrogen-bond donors (Lipinski definition) is 1. The fraction of sp³-hybridized carbons (Fsp3) is 0.393. The fourth-order valence-electron chi connectivity index (χ4n) is 5.30. The summed E-state index contributed by atoms with van der Waals surface area (Å²) in [5, 5.41) is 1.28. The second-order valence-electron chi connectivity index (χ2n) is 9.69. The van der Waals surface area contributed by atoms with E-state index in [0.717, 1.165) is 48.4 Å². The molecule has 1 saturated heterocycles. The first-order valence-electron chi connectivity index (χ1n) is 12.2. The summed E-state index contributed by atoms with van der Waals surface area (Å²) < 4.78 is 1.86. The Kier molecular flexibility index (Phi) is 5.97. The van der Waals surface area contributed by atoms with Gasteiger partial charge in [-0.15, -0.1) is 0 Å². The molecule has 3 aromatic heterocycles. The predicted octanol–water partition coefficient (Wildman–Crippen LogP) is 6.32. The summed E-state index contributed by atoms with van der Waals surface area (Å²) in [6.45, 7) is 16.4. The van der Waals surface area contributed by atoms with E-state index in [1.165, 1.54) is 16.5 Å². The van der Waals surface area contributed by atoms with E-state index in [-0.39, 0.29) is 0 Å². The molecule has 4 heterocycles. The number of carbonyl (C=O) groups is 1. The van der Waals surface area contributed by atoms with Gasteiger partial charge in [0, 0.05) is 29.0 Å². The second-order valence-corrected chi connectivity index (χ2v) is 9.69. The van der Waals surface area contributed by atoms with E-state index in [0.29, 0.717) is 36.4 Å². The third-order valence-electron chi connectivity index (χ3n) is 7.18. The second kappa shape index (κ2) is 9.08. The van der Waals surface area contributed by atoms with Crippen molar-refractivity contribution in [1.29, 1.82) is 0 Å². The Morgan fingerprint density at radius 1 is 1.24 bits per heavy atom.